The highest BCUT2D eigenvalue weighted by atomic mass is 32.1. The zero-order valence-electron chi connectivity index (χ0n) is 11.8. The second-order valence-electron chi connectivity index (χ2n) is 4.33. The van der Waals surface area contributed by atoms with Gasteiger partial charge in [0.25, 0.3) is 0 Å². The van der Waals surface area contributed by atoms with E-state index in [2.05, 4.69) is 5.32 Å². The predicted molar refractivity (Wildman–Crippen MR) is 84.8 cm³/mol. The molecular formula is C15H14N2O4S. The van der Waals surface area contributed by atoms with Crippen molar-refractivity contribution < 1.29 is 14.5 Å². The summed E-state index contributed by atoms with van der Waals surface area (Å²) >= 11 is 1.02. The SMILES string of the molecule is COc1ccc(CNC(=O)/C=C/c2ccc([N+](=O)[O-])s2)cc1. The van der Waals surface area contributed by atoms with Gasteiger partial charge in [0.05, 0.1) is 12.0 Å². The van der Waals surface area contributed by atoms with Crippen molar-refractivity contribution in [1.29, 1.82) is 0 Å². The number of carbonyl (C=O) groups excluding carboxylic acids is 1. The van der Waals surface area contributed by atoms with Gasteiger partial charge in [-0.25, -0.2) is 0 Å². The van der Waals surface area contributed by atoms with Gasteiger partial charge < -0.3 is 10.1 Å². The van der Waals surface area contributed by atoms with E-state index in [-0.39, 0.29) is 10.9 Å². The van der Waals surface area contributed by atoms with E-state index in [1.807, 2.05) is 24.3 Å². The number of benzene rings is 1. The average molecular weight is 318 g/mol. The van der Waals surface area contributed by atoms with Gasteiger partial charge in [0.2, 0.25) is 5.91 Å². The quantitative estimate of drug-likeness (QED) is 0.504. The zero-order valence-corrected chi connectivity index (χ0v) is 12.6. The lowest BCUT2D eigenvalue weighted by Gasteiger charge is -2.04. The molecule has 0 aliphatic rings. The Labute approximate surface area is 131 Å². The first-order valence-electron chi connectivity index (χ1n) is 6.41. The molecule has 0 saturated carbocycles. The van der Waals surface area contributed by atoms with E-state index >= 15 is 0 Å². The molecule has 0 atom stereocenters. The van der Waals surface area contributed by atoms with Crippen LogP contribution in [0, 0.1) is 10.1 Å². The average Bonchev–Trinajstić information content (AvgIpc) is 3.00. The van der Waals surface area contributed by atoms with Gasteiger partial charge in [-0.2, -0.15) is 0 Å². The molecule has 22 heavy (non-hydrogen) atoms. The minimum atomic E-state index is -0.453. The maximum absolute atomic E-state index is 11.7. The number of amides is 1. The van der Waals surface area contributed by atoms with E-state index < -0.39 is 4.92 Å². The molecule has 1 aromatic heterocycles. The molecule has 1 N–H and O–H groups in total. The van der Waals surface area contributed by atoms with Crippen molar-refractivity contribution in [3.8, 4) is 5.75 Å². The molecule has 7 heteroatoms. The van der Waals surface area contributed by atoms with Crippen LogP contribution in [-0.2, 0) is 11.3 Å². The summed E-state index contributed by atoms with van der Waals surface area (Å²) in [6, 6.07) is 10.4. The topological polar surface area (TPSA) is 81.5 Å². The Hall–Kier alpha value is -2.67. The van der Waals surface area contributed by atoms with E-state index in [1.54, 1.807) is 19.3 Å². The molecule has 0 aliphatic carbocycles. The van der Waals surface area contributed by atoms with E-state index in [4.69, 9.17) is 4.74 Å². The fraction of sp³-hybridized carbons (Fsp3) is 0.133. The van der Waals surface area contributed by atoms with Crippen LogP contribution in [0.25, 0.3) is 6.08 Å². The van der Waals surface area contributed by atoms with Crippen LogP contribution in [-0.4, -0.2) is 17.9 Å². The monoisotopic (exact) mass is 318 g/mol. The van der Waals surface area contributed by atoms with Crippen LogP contribution >= 0.6 is 11.3 Å². The fourth-order valence-electron chi connectivity index (χ4n) is 1.68. The first kappa shape index (κ1) is 15.7. The number of thiophene rings is 1. The van der Waals surface area contributed by atoms with Crippen molar-refractivity contribution in [3.63, 3.8) is 0 Å². The van der Waals surface area contributed by atoms with Crippen molar-refractivity contribution in [1.82, 2.24) is 5.32 Å². The number of nitro groups is 1. The molecule has 2 rings (SSSR count). The molecule has 0 aliphatic heterocycles. The minimum Gasteiger partial charge on any atom is -0.497 e. The molecule has 114 valence electrons. The summed E-state index contributed by atoms with van der Waals surface area (Å²) in [5.41, 5.74) is 0.953. The molecule has 0 bridgehead atoms. The third kappa shape index (κ3) is 4.42. The molecule has 0 saturated heterocycles. The maximum atomic E-state index is 11.7. The smallest absolute Gasteiger partial charge is 0.324 e. The van der Waals surface area contributed by atoms with Crippen molar-refractivity contribution in [3.05, 3.63) is 63.0 Å². The van der Waals surface area contributed by atoms with E-state index in [9.17, 15) is 14.9 Å². The van der Waals surface area contributed by atoms with Gasteiger partial charge in [0.15, 0.2) is 0 Å². The molecular weight excluding hydrogens is 304 g/mol. The van der Waals surface area contributed by atoms with Gasteiger partial charge in [0.1, 0.15) is 5.75 Å². The standard InChI is InChI=1S/C15H14N2O4S/c1-21-12-4-2-11(3-5-12)10-16-14(18)8-6-13-7-9-15(22-13)17(19)20/h2-9H,10H2,1H3,(H,16,18)/b8-6+. The lowest BCUT2D eigenvalue weighted by molar-refractivity contribution is -0.380. The third-order valence-corrected chi connectivity index (χ3v) is 3.82. The fourth-order valence-corrected chi connectivity index (χ4v) is 2.40. The molecule has 1 aromatic carbocycles. The second kappa shape index (κ2) is 7.37. The summed E-state index contributed by atoms with van der Waals surface area (Å²) in [6.45, 7) is 0.401. The highest BCUT2D eigenvalue weighted by molar-refractivity contribution is 7.16. The number of hydrogen-bond acceptors (Lipinski definition) is 5. The Balaban J connectivity index is 1.86. The number of nitrogens with one attached hydrogen (secondary N) is 1. The van der Waals surface area contributed by atoms with Gasteiger partial charge in [-0.3, -0.25) is 14.9 Å². The molecule has 0 fully saturated rings. The van der Waals surface area contributed by atoms with Crippen LogP contribution in [0.5, 0.6) is 5.75 Å². The molecule has 0 unspecified atom stereocenters. The summed E-state index contributed by atoms with van der Waals surface area (Å²) in [6.07, 6.45) is 2.92. The van der Waals surface area contributed by atoms with Gasteiger partial charge >= 0.3 is 5.00 Å². The highest BCUT2D eigenvalue weighted by Gasteiger charge is 2.07. The molecule has 2 aromatic rings. The predicted octanol–water partition coefficient (Wildman–Crippen LogP) is 2.99. The number of carbonyl (C=O) groups is 1. The summed E-state index contributed by atoms with van der Waals surface area (Å²) < 4.78 is 5.06. The number of rotatable bonds is 6. The summed E-state index contributed by atoms with van der Waals surface area (Å²) in [5.74, 6) is 0.501. The summed E-state index contributed by atoms with van der Waals surface area (Å²) in [5, 5.41) is 13.4. The summed E-state index contributed by atoms with van der Waals surface area (Å²) in [4.78, 5) is 22.5. The maximum Gasteiger partial charge on any atom is 0.324 e. The largest absolute Gasteiger partial charge is 0.497 e. The van der Waals surface area contributed by atoms with Crippen LogP contribution in [0.4, 0.5) is 5.00 Å². The van der Waals surface area contributed by atoms with Crippen LogP contribution in [0.1, 0.15) is 10.4 Å². The molecule has 6 nitrogen and oxygen atoms in total. The van der Waals surface area contributed by atoms with Gasteiger partial charge in [-0.1, -0.05) is 23.5 Å². The molecule has 0 radical (unpaired) electrons. The normalized spacial score (nSPS) is 10.6. The van der Waals surface area contributed by atoms with Crippen LogP contribution in [0.2, 0.25) is 0 Å². The number of hydrogen-bond donors (Lipinski definition) is 1. The second-order valence-corrected chi connectivity index (χ2v) is 5.43. The van der Waals surface area contributed by atoms with E-state index in [0.717, 1.165) is 22.6 Å². The number of ether oxygens (including phenoxy) is 1. The van der Waals surface area contributed by atoms with Crippen molar-refractivity contribution >= 4 is 28.3 Å². The van der Waals surface area contributed by atoms with Gasteiger partial charge in [-0.15, -0.1) is 0 Å². The Morgan fingerprint density at radius 1 is 1.32 bits per heavy atom. The molecule has 1 amide bonds. The van der Waals surface area contributed by atoms with Crippen LogP contribution < -0.4 is 10.1 Å². The Bertz CT molecular complexity index is 692. The molecule has 1 heterocycles. The number of methoxy groups -OCH3 is 1. The van der Waals surface area contributed by atoms with E-state index in [0.29, 0.717) is 11.4 Å². The Morgan fingerprint density at radius 2 is 2.05 bits per heavy atom. The Morgan fingerprint density at radius 3 is 2.64 bits per heavy atom. The van der Waals surface area contributed by atoms with Crippen molar-refractivity contribution in [2.24, 2.45) is 0 Å². The van der Waals surface area contributed by atoms with Crippen molar-refractivity contribution in [2.45, 2.75) is 6.54 Å². The summed E-state index contributed by atoms with van der Waals surface area (Å²) in [7, 11) is 1.59. The molecule has 0 spiro atoms. The highest BCUT2D eigenvalue weighted by Crippen LogP contribution is 2.24. The Kier molecular flexibility index (Phi) is 5.26. The lowest BCUT2D eigenvalue weighted by atomic mass is 10.2. The van der Waals surface area contributed by atoms with Gasteiger partial charge in [0, 0.05) is 23.6 Å². The van der Waals surface area contributed by atoms with Crippen LogP contribution in [0.15, 0.2) is 42.5 Å². The lowest BCUT2D eigenvalue weighted by Crippen LogP contribution is -2.20. The third-order valence-electron chi connectivity index (χ3n) is 2.82. The number of nitrogens with zero attached hydrogens (tertiary/aromatic N) is 1. The zero-order chi connectivity index (χ0) is 15.9. The minimum absolute atomic E-state index is 0.0540. The van der Waals surface area contributed by atoms with Crippen molar-refractivity contribution in [2.75, 3.05) is 7.11 Å². The first-order chi connectivity index (χ1) is 10.6. The van der Waals surface area contributed by atoms with Crippen LogP contribution in [0.3, 0.4) is 0 Å². The van der Waals surface area contributed by atoms with Gasteiger partial charge in [-0.05, 0) is 29.8 Å². The van der Waals surface area contributed by atoms with E-state index in [1.165, 1.54) is 12.1 Å². The first-order valence-corrected chi connectivity index (χ1v) is 7.23.